The largest absolute Gasteiger partial charge is 0.493 e. The van der Waals surface area contributed by atoms with Gasteiger partial charge in [0.25, 0.3) is 17.7 Å². The summed E-state index contributed by atoms with van der Waals surface area (Å²) in [5.74, 6) is -1.53. The molecule has 3 heterocycles. The van der Waals surface area contributed by atoms with Gasteiger partial charge in [0.15, 0.2) is 29.6 Å². The summed E-state index contributed by atoms with van der Waals surface area (Å²) < 4.78 is 40.0. The van der Waals surface area contributed by atoms with Crippen LogP contribution < -0.4 is 44.4 Å². The lowest BCUT2D eigenvalue weighted by atomic mass is 9.91. The Hall–Kier alpha value is -7.83. The lowest BCUT2D eigenvalue weighted by Crippen LogP contribution is -2.54. The molecule has 19 nitrogen and oxygen atoms in total. The number of hydrogen-bond donors (Lipinski definition) is 3. The van der Waals surface area contributed by atoms with E-state index in [2.05, 4.69) is 16.0 Å². The van der Waals surface area contributed by atoms with Crippen LogP contribution in [0.4, 0.5) is 5.69 Å². The number of likely N-dealkylation sites (tertiary alicyclic amines) is 1. The van der Waals surface area contributed by atoms with Gasteiger partial charge in [-0.25, -0.2) is 4.79 Å². The van der Waals surface area contributed by atoms with Gasteiger partial charge in [0.2, 0.25) is 23.5 Å². The van der Waals surface area contributed by atoms with Crippen molar-refractivity contribution in [2.45, 2.75) is 82.4 Å². The third-order valence-electron chi connectivity index (χ3n) is 13.1. The molecule has 0 saturated carbocycles. The summed E-state index contributed by atoms with van der Waals surface area (Å²) in [6.07, 6.45) is 2.38. The zero-order chi connectivity index (χ0) is 51.5. The molecule has 2 saturated heterocycles. The number of imide groups is 2. The van der Waals surface area contributed by atoms with Gasteiger partial charge in [-0.1, -0.05) is 31.2 Å². The van der Waals surface area contributed by atoms with E-state index >= 15 is 0 Å². The molecule has 0 radical (unpaired) electrons. The molecule has 2 fully saturated rings. The summed E-state index contributed by atoms with van der Waals surface area (Å²) in [5.41, 5.74) is 2.78. The van der Waals surface area contributed by atoms with Crippen molar-refractivity contribution in [3.05, 3.63) is 101 Å². The van der Waals surface area contributed by atoms with Gasteiger partial charge in [-0.05, 0) is 110 Å². The Morgan fingerprint density at radius 3 is 2.19 bits per heavy atom. The monoisotopic (exact) mass is 991 g/mol. The van der Waals surface area contributed by atoms with Gasteiger partial charge in [0.05, 0.1) is 52.6 Å². The average molecular weight is 992 g/mol. The van der Waals surface area contributed by atoms with E-state index in [1.54, 1.807) is 61.6 Å². The van der Waals surface area contributed by atoms with Gasteiger partial charge < -0.3 is 48.7 Å². The molecule has 4 atom stereocenters. The second kappa shape index (κ2) is 23.9. The summed E-state index contributed by atoms with van der Waals surface area (Å²) >= 11 is 0. The van der Waals surface area contributed by atoms with Crippen molar-refractivity contribution in [3.8, 4) is 34.5 Å². The molecule has 0 aromatic heterocycles. The molecule has 0 aliphatic carbocycles. The Morgan fingerprint density at radius 2 is 1.50 bits per heavy atom. The fourth-order valence-electron chi connectivity index (χ4n) is 9.41. The van der Waals surface area contributed by atoms with Crippen LogP contribution in [0.3, 0.4) is 0 Å². The number of hydrogen-bond acceptors (Lipinski definition) is 15. The summed E-state index contributed by atoms with van der Waals surface area (Å²) in [7, 11) is 7.66. The van der Waals surface area contributed by atoms with Crippen molar-refractivity contribution in [3.63, 3.8) is 0 Å². The molecular weight excluding hydrogens is 931 g/mol. The SMILES string of the molecule is CC[C@H](C(=O)N1CCCCC1C(=O)O[C@H](CCc1ccc(OC)c(OC)c1)c1cccc(OCC(=O)NCCNc2cccc3c2C(=O)N(C2CCC(=O)NC2=O)C3=O)c1)c1cc(OC)c(OC)c(OC)c1. The van der Waals surface area contributed by atoms with E-state index in [4.69, 9.17) is 33.2 Å². The average Bonchev–Trinajstić information content (AvgIpc) is 3.65. The summed E-state index contributed by atoms with van der Waals surface area (Å²) in [6, 6.07) is 18.9. The molecule has 0 spiro atoms. The molecular formula is C53H61N5O14. The maximum atomic E-state index is 14.5. The first kappa shape index (κ1) is 52.0. The molecule has 382 valence electrons. The number of piperidine rings is 2. The molecule has 0 bridgehead atoms. The fraction of sp³-hybridized carbons (Fsp3) is 0.415. The fourth-order valence-corrected chi connectivity index (χ4v) is 9.41. The van der Waals surface area contributed by atoms with E-state index in [0.717, 1.165) is 23.3 Å². The number of anilines is 1. The van der Waals surface area contributed by atoms with E-state index in [-0.39, 0.29) is 49.6 Å². The van der Waals surface area contributed by atoms with E-state index in [0.29, 0.717) is 83.5 Å². The normalized spacial score (nSPS) is 17.2. The predicted molar refractivity (Wildman–Crippen MR) is 262 cm³/mol. The zero-order valence-corrected chi connectivity index (χ0v) is 41.3. The van der Waals surface area contributed by atoms with Crippen LogP contribution in [-0.2, 0) is 35.1 Å². The zero-order valence-electron chi connectivity index (χ0n) is 41.3. The van der Waals surface area contributed by atoms with Crippen molar-refractivity contribution < 1.29 is 66.7 Å². The first-order chi connectivity index (χ1) is 34.8. The third kappa shape index (κ3) is 11.5. The van der Waals surface area contributed by atoms with Gasteiger partial charge in [-0.2, -0.15) is 0 Å². The number of carbonyl (C=O) groups excluding carboxylic acids is 7. The van der Waals surface area contributed by atoms with Crippen LogP contribution in [-0.4, -0.2) is 125 Å². The van der Waals surface area contributed by atoms with Crippen LogP contribution >= 0.6 is 0 Å². The number of carbonyl (C=O) groups is 7. The summed E-state index contributed by atoms with van der Waals surface area (Å²) in [5, 5.41) is 8.07. The molecule has 3 N–H and O–H groups in total. The Bertz CT molecular complexity index is 2670. The van der Waals surface area contributed by atoms with Crippen molar-refractivity contribution in [1.82, 2.24) is 20.4 Å². The second-order valence-corrected chi connectivity index (χ2v) is 17.4. The maximum Gasteiger partial charge on any atom is 0.329 e. The van der Waals surface area contributed by atoms with Crippen molar-refractivity contribution >= 4 is 47.1 Å². The molecule has 3 aliphatic heterocycles. The highest BCUT2D eigenvalue weighted by Gasteiger charge is 2.46. The van der Waals surface area contributed by atoms with Crippen LogP contribution in [0.25, 0.3) is 0 Å². The van der Waals surface area contributed by atoms with Crippen LogP contribution in [0.1, 0.15) is 101 Å². The van der Waals surface area contributed by atoms with Crippen molar-refractivity contribution in [2.75, 3.05) is 67.1 Å². The van der Waals surface area contributed by atoms with Crippen LogP contribution in [0.15, 0.2) is 72.8 Å². The van der Waals surface area contributed by atoms with Crippen molar-refractivity contribution in [1.29, 1.82) is 0 Å². The highest BCUT2D eigenvalue weighted by molar-refractivity contribution is 6.25. The van der Waals surface area contributed by atoms with Crippen LogP contribution in [0.5, 0.6) is 34.5 Å². The summed E-state index contributed by atoms with van der Waals surface area (Å²) in [4.78, 5) is 95.5. The lowest BCUT2D eigenvalue weighted by Gasteiger charge is -2.37. The summed E-state index contributed by atoms with van der Waals surface area (Å²) in [6.45, 7) is 2.24. The quantitative estimate of drug-likeness (QED) is 0.0500. The number of nitrogens with one attached hydrogen (secondary N) is 3. The Kier molecular flexibility index (Phi) is 17.2. The second-order valence-electron chi connectivity index (χ2n) is 17.4. The molecule has 3 aliphatic rings. The number of aryl methyl sites for hydroxylation is 1. The number of nitrogens with zero attached hydrogens (tertiary/aromatic N) is 2. The maximum absolute atomic E-state index is 14.5. The van der Waals surface area contributed by atoms with Crippen LogP contribution in [0, 0.1) is 0 Å². The van der Waals surface area contributed by atoms with Gasteiger partial charge >= 0.3 is 5.97 Å². The lowest BCUT2D eigenvalue weighted by molar-refractivity contribution is -0.162. The first-order valence-corrected chi connectivity index (χ1v) is 23.9. The number of methoxy groups -OCH3 is 5. The predicted octanol–water partition coefficient (Wildman–Crippen LogP) is 5.53. The van der Waals surface area contributed by atoms with Gasteiger partial charge in [-0.3, -0.25) is 39.0 Å². The van der Waals surface area contributed by atoms with E-state index in [1.165, 1.54) is 27.4 Å². The third-order valence-corrected chi connectivity index (χ3v) is 13.1. The van der Waals surface area contributed by atoms with Crippen LogP contribution in [0.2, 0.25) is 0 Å². The van der Waals surface area contributed by atoms with Gasteiger partial charge in [-0.15, -0.1) is 0 Å². The minimum absolute atomic E-state index is 0.00656. The minimum atomic E-state index is -1.10. The topological polar surface area (TPSA) is 227 Å². The number of esters is 1. The molecule has 2 unspecified atom stereocenters. The molecule has 7 rings (SSSR count). The molecule has 19 heteroatoms. The number of benzene rings is 4. The number of amides is 6. The Labute approximate surface area is 417 Å². The van der Waals surface area contributed by atoms with Crippen molar-refractivity contribution in [2.24, 2.45) is 0 Å². The van der Waals surface area contributed by atoms with E-state index in [1.807, 2.05) is 31.2 Å². The number of ether oxygens (including phenoxy) is 7. The number of fused-ring (bicyclic) bond motifs is 1. The highest BCUT2D eigenvalue weighted by atomic mass is 16.5. The smallest absolute Gasteiger partial charge is 0.329 e. The number of rotatable bonds is 22. The first-order valence-electron chi connectivity index (χ1n) is 23.9. The van der Waals surface area contributed by atoms with Gasteiger partial charge in [0.1, 0.15) is 23.9 Å². The van der Waals surface area contributed by atoms with E-state index in [9.17, 15) is 33.6 Å². The van der Waals surface area contributed by atoms with E-state index < -0.39 is 59.6 Å². The highest BCUT2D eigenvalue weighted by Crippen LogP contribution is 2.42. The minimum Gasteiger partial charge on any atom is -0.493 e. The Morgan fingerprint density at radius 1 is 0.764 bits per heavy atom. The Balaban J connectivity index is 1.01. The van der Waals surface area contributed by atoms with Gasteiger partial charge in [0, 0.05) is 31.7 Å². The molecule has 4 aromatic rings. The standard InChI is InChI=1S/C53H61N5O14/c1-7-35(33-28-43(68-4)48(70-6)44(29-33)69-5)50(62)57-25-9-8-16-39(57)53(65)72-40(20-17-31-18-21-41(66-2)42(26-31)67-3)32-12-10-13-34(27-32)71-30-46(60)55-24-23-54-37-15-11-14-36-47(37)52(64)58(51(36)63)38-19-22-45(59)56-49(38)61/h10-15,18,21,26-29,35,38-40,54H,7-9,16-17,19-20,22-25,30H2,1-6H3,(H,55,60)(H,56,59,61)/t35-,38?,39?,40+/m0/s1. The molecule has 72 heavy (non-hydrogen) atoms. The molecule has 4 aromatic carbocycles. The molecule has 6 amide bonds.